The summed E-state index contributed by atoms with van der Waals surface area (Å²) in [5.41, 5.74) is -0.209. The Morgan fingerprint density at radius 3 is 2.40 bits per heavy atom. The lowest BCUT2D eigenvalue weighted by atomic mass is 10.2. The maximum absolute atomic E-state index is 11.1. The van der Waals surface area contributed by atoms with Gasteiger partial charge in [0.05, 0.1) is 4.92 Å². The van der Waals surface area contributed by atoms with Crippen molar-refractivity contribution in [2.24, 2.45) is 5.14 Å². The summed E-state index contributed by atoms with van der Waals surface area (Å²) in [7, 11) is -4.15. The van der Waals surface area contributed by atoms with E-state index in [2.05, 4.69) is 0 Å². The Bertz CT molecular complexity index is 526. The van der Waals surface area contributed by atoms with Crippen LogP contribution in [0.1, 0.15) is 5.56 Å². The number of nitro benzene ring substituents is 1. The molecule has 15 heavy (non-hydrogen) atoms. The zero-order chi connectivity index (χ0) is 11.8. The summed E-state index contributed by atoms with van der Waals surface area (Å²) in [6.45, 7) is 1.56. The van der Waals surface area contributed by atoms with Gasteiger partial charge in [-0.3, -0.25) is 10.1 Å². The summed E-state index contributed by atoms with van der Waals surface area (Å²) in [5, 5.41) is 15.2. The van der Waals surface area contributed by atoms with Gasteiger partial charge in [-0.2, -0.15) is 0 Å². The first kappa shape index (κ1) is 11.9. The van der Waals surface area contributed by atoms with Crippen LogP contribution in [0.15, 0.2) is 17.0 Å². The van der Waals surface area contributed by atoms with Crippen molar-refractivity contribution >= 4 is 27.3 Å². The van der Waals surface area contributed by atoms with Crippen LogP contribution in [0.3, 0.4) is 0 Å². The molecule has 0 aliphatic carbocycles. The van der Waals surface area contributed by atoms with Gasteiger partial charge < -0.3 is 0 Å². The largest absolute Gasteiger partial charge is 0.307 e. The van der Waals surface area contributed by atoms with Gasteiger partial charge in [-0.15, -0.1) is 0 Å². The zero-order valence-electron chi connectivity index (χ0n) is 7.60. The minimum Gasteiger partial charge on any atom is -0.258 e. The predicted molar refractivity (Wildman–Crippen MR) is 54.2 cm³/mol. The van der Waals surface area contributed by atoms with Crippen molar-refractivity contribution < 1.29 is 13.3 Å². The van der Waals surface area contributed by atoms with Gasteiger partial charge in [-0.05, 0) is 24.6 Å². The second-order valence-electron chi connectivity index (χ2n) is 2.90. The van der Waals surface area contributed by atoms with E-state index < -0.39 is 25.5 Å². The highest BCUT2D eigenvalue weighted by Gasteiger charge is 2.26. The lowest BCUT2D eigenvalue weighted by molar-refractivity contribution is -0.387. The van der Waals surface area contributed by atoms with E-state index in [0.29, 0.717) is 5.56 Å². The number of hydrogen-bond donors (Lipinski definition) is 1. The van der Waals surface area contributed by atoms with Crippen molar-refractivity contribution in [3.05, 3.63) is 32.8 Å². The molecule has 1 aromatic rings. The van der Waals surface area contributed by atoms with Gasteiger partial charge in [0.15, 0.2) is 4.90 Å². The number of primary sulfonamides is 1. The molecule has 0 aliphatic heterocycles. The standard InChI is InChI=1S/C7H7ClN2O4S/c1-4-2-5(8)7(10(11)12)6(3-4)15(9,13)14/h2-3H,1H3,(H2,9,13,14). The fourth-order valence-electron chi connectivity index (χ4n) is 1.10. The van der Waals surface area contributed by atoms with Crippen molar-refractivity contribution in [3.63, 3.8) is 0 Å². The molecular weight excluding hydrogens is 244 g/mol. The van der Waals surface area contributed by atoms with Crippen LogP contribution in [-0.4, -0.2) is 13.3 Å². The summed E-state index contributed by atoms with van der Waals surface area (Å²) < 4.78 is 22.2. The van der Waals surface area contributed by atoms with E-state index in [1.54, 1.807) is 6.92 Å². The monoisotopic (exact) mass is 250 g/mol. The Morgan fingerprint density at radius 1 is 1.47 bits per heavy atom. The second-order valence-corrected chi connectivity index (χ2v) is 4.83. The normalized spacial score (nSPS) is 11.4. The molecule has 8 heteroatoms. The number of halogens is 1. The van der Waals surface area contributed by atoms with Crippen molar-refractivity contribution in [2.45, 2.75) is 11.8 Å². The van der Waals surface area contributed by atoms with E-state index >= 15 is 0 Å². The van der Waals surface area contributed by atoms with E-state index in [1.807, 2.05) is 0 Å². The van der Waals surface area contributed by atoms with Crippen LogP contribution >= 0.6 is 11.6 Å². The van der Waals surface area contributed by atoms with Gasteiger partial charge in [-0.25, -0.2) is 13.6 Å². The third-order valence-electron chi connectivity index (χ3n) is 1.66. The number of nitrogens with two attached hydrogens (primary N) is 1. The van der Waals surface area contributed by atoms with Gasteiger partial charge in [0.25, 0.3) is 0 Å². The molecule has 0 aliphatic rings. The van der Waals surface area contributed by atoms with Gasteiger partial charge >= 0.3 is 5.69 Å². The summed E-state index contributed by atoms with van der Waals surface area (Å²) >= 11 is 5.57. The maximum Gasteiger partial charge on any atom is 0.307 e. The van der Waals surface area contributed by atoms with Crippen LogP contribution in [0.25, 0.3) is 0 Å². The van der Waals surface area contributed by atoms with Crippen LogP contribution in [0.5, 0.6) is 0 Å². The van der Waals surface area contributed by atoms with Gasteiger partial charge in [0, 0.05) is 0 Å². The van der Waals surface area contributed by atoms with E-state index in [9.17, 15) is 18.5 Å². The number of aryl methyl sites for hydroxylation is 1. The van der Waals surface area contributed by atoms with Gasteiger partial charge in [0.2, 0.25) is 10.0 Å². The number of rotatable bonds is 2. The van der Waals surface area contributed by atoms with E-state index in [4.69, 9.17) is 16.7 Å². The van der Waals surface area contributed by atoms with Gasteiger partial charge in [0.1, 0.15) is 5.02 Å². The molecule has 0 saturated heterocycles. The Labute approximate surface area is 90.9 Å². The first-order valence-electron chi connectivity index (χ1n) is 3.71. The second kappa shape index (κ2) is 3.76. The molecule has 0 atom stereocenters. The average Bonchev–Trinajstić information content (AvgIpc) is 1.99. The zero-order valence-corrected chi connectivity index (χ0v) is 9.17. The lowest BCUT2D eigenvalue weighted by Crippen LogP contribution is -2.14. The number of nitrogens with zero attached hydrogens (tertiary/aromatic N) is 1. The van der Waals surface area contributed by atoms with E-state index in [-0.39, 0.29) is 5.02 Å². The number of benzene rings is 1. The van der Waals surface area contributed by atoms with Crippen molar-refractivity contribution in [2.75, 3.05) is 0 Å². The average molecular weight is 251 g/mol. The number of sulfonamides is 1. The summed E-state index contributed by atoms with van der Waals surface area (Å²) in [6.07, 6.45) is 0. The molecule has 0 fully saturated rings. The third kappa shape index (κ3) is 2.44. The summed E-state index contributed by atoms with van der Waals surface area (Å²) in [4.78, 5) is 9.16. The molecule has 0 amide bonds. The van der Waals surface area contributed by atoms with E-state index in [0.717, 1.165) is 6.07 Å². The summed E-state index contributed by atoms with van der Waals surface area (Å²) in [5.74, 6) is 0. The number of nitro groups is 1. The Balaban J connectivity index is 3.70. The fraction of sp³-hybridized carbons (Fsp3) is 0.143. The van der Waals surface area contributed by atoms with Crippen LogP contribution in [0.2, 0.25) is 5.02 Å². The molecule has 0 heterocycles. The number of hydrogen-bond acceptors (Lipinski definition) is 4. The molecule has 0 unspecified atom stereocenters. The third-order valence-corrected chi connectivity index (χ3v) is 2.87. The quantitative estimate of drug-likeness (QED) is 0.629. The molecule has 1 rings (SSSR count). The maximum atomic E-state index is 11.1. The molecule has 0 saturated carbocycles. The van der Waals surface area contributed by atoms with Crippen LogP contribution < -0.4 is 5.14 Å². The first-order valence-corrected chi connectivity index (χ1v) is 5.63. The highest BCUT2D eigenvalue weighted by molar-refractivity contribution is 7.89. The Kier molecular flexibility index (Phi) is 2.98. The van der Waals surface area contributed by atoms with E-state index in [1.165, 1.54) is 6.07 Å². The minimum absolute atomic E-state index is 0.246. The van der Waals surface area contributed by atoms with Gasteiger partial charge in [-0.1, -0.05) is 11.6 Å². The molecule has 0 bridgehead atoms. The summed E-state index contributed by atoms with van der Waals surface area (Å²) in [6, 6.07) is 2.41. The van der Waals surface area contributed by atoms with Crippen LogP contribution in [-0.2, 0) is 10.0 Å². The minimum atomic E-state index is -4.15. The molecule has 82 valence electrons. The molecule has 2 N–H and O–H groups in total. The highest BCUT2D eigenvalue weighted by Crippen LogP contribution is 2.32. The van der Waals surface area contributed by atoms with Crippen LogP contribution in [0, 0.1) is 17.0 Å². The van der Waals surface area contributed by atoms with Crippen molar-refractivity contribution in [1.29, 1.82) is 0 Å². The molecule has 1 aromatic carbocycles. The first-order chi connectivity index (χ1) is 6.73. The molecule has 6 nitrogen and oxygen atoms in total. The SMILES string of the molecule is Cc1cc(Cl)c([N+](=O)[O-])c(S(N)(=O)=O)c1. The fourth-order valence-corrected chi connectivity index (χ4v) is 2.30. The lowest BCUT2D eigenvalue weighted by Gasteiger charge is -2.03. The molecule has 0 radical (unpaired) electrons. The molecule has 0 spiro atoms. The van der Waals surface area contributed by atoms with Crippen molar-refractivity contribution in [1.82, 2.24) is 0 Å². The van der Waals surface area contributed by atoms with Crippen LogP contribution in [0.4, 0.5) is 5.69 Å². The Morgan fingerprint density at radius 2 is 2.00 bits per heavy atom. The molecule has 0 aromatic heterocycles. The highest BCUT2D eigenvalue weighted by atomic mass is 35.5. The smallest absolute Gasteiger partial charge is 0.258 e. The topological polar surface area (TPSA) is 103 Å². The molecular formula is C7H7ClN2O4S. The predicted octanol–water partition coefficient (Wildman–Crippen LogP) is 1.20. The van der Waals surface area contributed by atoms with Crippen molar-refractivity contribution in [3.8, 4) is 0 Å². The Hall–Kier alpha value is -1.18.